The van der Waals surface area contributed by atoms with Crippen LogP contribution in [0.2, 0.25) is 0 Å². The Morgan fingerprint density at radius 1 is 1.26 bits per heavy atom. The van der Waals surface area contributed by atoms with Crippen LogP contribution in [0, 0.1) is 22.7 Å². The molecule has 2 heterocycles. The summed E-state index contributed by atoms with van der Waals surface area (Å²) >= 11 is 0. The van der Waals surface area contributed by atoms with Gasteiger partial charge >= 0.3 is 6.18 Å². The number of alkyl halides is 3. The summed E-state index contributed by atoms with van der Waals surface area (Å²) in [7, 11) is 0. The Labute approximate surface area is 179 Å². The molecule has 1 aliphatic rings. The molecule has 0 radical (unpaired) electrons. The number of aromatic nitrogens is 3. The van der Waals surface area contributed by atoms with Gasteiger partial charge in [-0.25, -0.2) is 9.97 Å². The van der Waals surface area contributed by atoms with E-state index in [-0.39, 0.29) is 11.5 Å². The molecule has 2 atom stereocenters. The van der Waals surface area contributed by atoms with E-state index in [1.165, 1.54) is 12.4 Å². The number of anilines is 1. The van der Waals surface area contributed by atoms with Gasteiger partial charge in [0.05, 0.1) is 29.1 Å². The first-order valence-electron chi connectivity index (χ1n) is 10.3. The highest BCUT2D eigenvalue weighted by molar-refractivity contribution is 5.37. The van der Waals surface area contributed by atoms with Crippen molar-refractivity contribution < 1.29 is 18.3 Å². The van der Waals surface area contributed by atoms with Gasteiger partial charge in [-0.1, -0.05) is 13.8 Å². The molecule has 2 N–H and O–H groups in total. The summed E-state index contributed by atoms with van der Waals surface area (Å²) in [6, 6.07) is 3.21. The lowest BCUT2D eigenvalue weighted by atomic mass is 9.69. The van der Waals surface area contributed by atoms with Gasteiger partial charge < -0.3 is 10.4 Å². The number of aliphatic hydroxyl groups excluding tert-OH is 1. The van der Waals surface area contributed by atoms with Gasteiger partial charge in [-0.2, -0.15) is 18.4 Å². The molecule has 2 aromatic heterocycles. The average molecular weight is 433 g/mol. The number of hydrogen-bond donors (Lipinski definition) is 2. The number of pyridine rings is 1. The first-order chi connectivity index (χ1) is 14.6. The summed E-state index contributed by atoms with van der Waals surface area (Å²) in [4.78, 5) is 12.3. The topological polar surface area (TPSA) is 94.7 Å². The Balaban J connectivity index is 1.64. The summed E-state index contributed by atoms with van der Waals surface area (Å²) in [5.41, 5.74) is 0.569. The maximum Gasteiger partial charge on any atom is 0.417 e. The third kappa shape index (κ3) is 5.91. The Morgan fingerprint density at radius 3 is 2.71 bits per heavy atom. The van der Waals surface area contributed by atoms with Gasteiger partial charge in [0.1, 0.15) is 6.07 Å². The van der Waals surface area contributed by atoms with E-state index in [0.717, 1.165) is 31.5 Å². The molecule has 6 nitrogen and oxygen atoms in total. The van der Waals surface area contributed by atoms with Crippen molar-refractivity contribution in [1.82, 2.24) is 15.0 Å². The summed E-state index contributed by atoms with van der Waals surface area (Å²) in [6.07, 6.45) is 2.30. The quantitative estimate of drug-likeness (QED) is 0.711. The molecule has 166 valence electrons. The van der Waals surface area contributed by atoms with Crippen LogP contribution in [0.1, 0.15) is 55.5 Å². The van der Waals surface area contributed by atoms with Crippen molar-refractivity contribution in [1.29, 1.82) is 5.26 Å². The van der Waals surface area contributed by atoms with Crippen LogP contribution in [0.25, 0.3) is 0 Å². The molecule has 0 amide bonds. The molecule has 0 saturated heterocycles. The zero-order valence-electron chi connectivity index (χ0n) is 17.6. The molecule has 2 aromatic rings. The lowest BCUT2D eigenvalue weighted by Gasteiger charge is -2.39. The molecular weight excluding hydrogens is 407 g/mol. The smallest absolute Gasteiger partial charge is 0.393 e. The molecule has 0 aromatic carbocycles. The first-order valence-corrected chi connectivity index (χ1v) is 10.3. The predicted molar refractivity (Wildman–Crippen MR) is 109 cm³/mol. The second kappa shape index (κ2) is 9.18. The SMILES string of the molecule is CC1(C)C[C@H](Cc2nc(NCCc3cncc(C(F)(F)F)c3)ncc2C#N)CC[C@@H]1O. The van der Waals surface area contributed by atoms with Crippen molar-refractivity contribution in [2.24, 2.45) is 11.3 Å². The van der Waals surface area contributed by atoms with E-state index in [1.807, 2.05) is 13.8 Å². The molecule has 1 fully saturated rings. The zero-order valence-corrected chi connectivity index (χ0v) is 17.6. The van der Waals surface area contributed by atoms with Gasteiger partial charge in [0, 0.05) is 18.9 Å². The van der Waals surface area contributed by atoms with Crippen molar-refractivity contribution in [3.8, 4) is 6.07 Å². The van der Waals surface area contributed by atoms with Gasteiger partial charge in [-0.15, -0.1) is 0 Å². The number of nitrogens with one attached hydrogen (secondary N) is 1. The van der Waals surface area contributed by atoms with Crippen LogP contribution in [-0.4, -0.2) is 32.7 Å². The number of halogens is 3. The Kier molecular flexibility index (Phi) is 6.80. The first kappa shape index (κ1) is 22.9. The molecule has 9 heteroatoms. The van der Waals surface area contributed by atoms with Crippen LogP contribution in [-0.2, 0) is 19.0 Å². The Morgan fingerprint density at radius 2 is 2.03 bits per heavy atom. The maximum absolute atomic E-state index is 12.8. The summed E-state index contributed by atoms with van der Waals surface area (Å²) < 4.78 is 38.5. The monoisotopic (exact) mass is 433 g/mol. The standard InChI is InChI=1S/C22H26F3N5O/c1-21(2)9-14(3-4-19(21)31)8-18-16(10-26)12-29-20(30-18)28-6-5-15-7-17(13-27-11-15)22(23,24)25/h7,11-14,19,31H,3-6,8-9H2,1-2H3,(H,28,29,30)/t14-,19-/m0/s1. The van der Waals surface area contributed by atoms with Crippen LogP contribution in [0.4, 0.5) is 19.1 Å². The molecule has 0 spiro atoms. The van der Waals surface area contributed by atoms with Crippen LogP contribution in [0.3, 0.4) is 0 Å². The van der Waals surface area contributed by atoms with Gasteiger partial charge in [0.15, 0.2) is 0 Å². The lowest BCUT2D eigenvalue weighted by molar-refractivity contribution is -0.137. The highest BCUT2D eigenvalue weighted by Crippen LogP contribution is 2.40. The lowest BCUT2D eigenvalue weighted by Crippen LogP contribution is -2.37. The Bertz CT molecular complexity index is 955. The maximum atomic E-state index is 12.8. The van der Waals surface area contributed by atoms with Crippen LogP contribution >= 0.6 is 0 Å². The molecule has 31 heavy (non-hydrogen) atoms. The van der Waals surface area contributed by atoms with Gasteiger partial charge in [-0.3, -0.25) is 4.98 Å². The third-order valence-electron chi connectivity index (χ3n) is 5.85. The average Bonchev–Trinajstić information content (AvgIpc) is 2.70. The number of nitrogens with zero attached hydrogens (tertiary/aromatic N) is 4. The summed E-state index contributed by atoms with van der Waals surface area (Å²) in [5.74, 6) is 0.647. The van der Waals surface area contributed by atoms with Gasteiger partial charge in [0.2, 0.25) is 5.95 Å². The number of hydrogen-bond acceptors (Lipinski definition) is 6. The highest BCUT2D eigenvalue weighted by atomic mass is 19.4. The zero-order chi connectivity index (χ0) is 22.6. The van der Waals surface area contributed by atoms with Crippen molar-refractivity contribution >= 4 is 5.95 Å². The predicted octanol–water partition coefficient (Wildman–Crippen LogP) is 4.15. The number of aliphatic hydroxyl groups is 1. The molecule has 3 rings (SSSR count). The molecule has 0 aliphatic heterocycles. The van der Waals surface area contributed by atoms with E-state index >= 15 is 0 Å². The van der Waals surface area contributed by atoms with E-state index in [4.69, 9.17) is 0 Å². The molecule has 1 saturated carbocycles. The molecule has 0 unspecified atom stereocenters. The van der Waals surface area contributed by atoms with Crippen molar-refractivity contribution in [3.63, 3.8) is 0 Å². The fourth-order valence-corrected chi connectivity index (χ4v) is 4.06. The van der Waals surface area contributed by atoms with E-state index in [9.17, 15) is 23.5 Å². The van der Waals surface area contributed by atoms with E-state index < -0.39 is 11.7 Å². The van der Waals surface area contributed by atoms with Crippen molar-refractivity contribution in [2.75, 3.05) is 11.9 Å². The second-order valence-corrected chi connectivity index (χ2v) is 8.78. The summed E-state index contributed by atoms with van der Waals surface area (Å²) in [5, 5.41) is 22.6. The highest BCUT2D eigenvalue weighted by Gasteiger charge is 2.36. The van der Waals surface area contributed by atoms with Gasteiger partial charge in [0.25, 0.3) is 0 Å². The molecule has 0 bridgehead atoms. The van der Waals surface area contributed by atoms with Crippen LogP contribution in [0.5, 0.6) is 0 Å². The van der Waals surface area contributed by atoms with Gasteiger partial charge in [-0.05, 0) is 55.1 Å². The minimum absolute atomic E-state index is 0.178. The van der Waals surface area contributed by atoms with E-state index in [0.29, 0.717) is 48.1 Å². The third-order valence-corrected chi connectivity index (χ3v) is 5.85. The normalized spacial score (nSPS) is 20.8. The second-order valence-electron chi connectivity index (χ2n) is 8.78. The van der Waals surface area contributed by atoms with Crippen LogP contribution in [0.15, 0.2) is 24.7 Å². The van der Waals surface area contributed by atoms with E-state index in [1.54, 1.807) is 0 Å². The minimum Gasteiger partial charge on any atom is -0.393 e. The fraction of sp³-hybridized carbons (Fsp3) is 0.545. The van der Waals surface area contributed by atoms with E-state index in [2.05, 4.69) is 26.3 Å². The molecule has 1 aliphatic carbocycles. The molecular formula is C22H26F3N5O. The van der Waals surface area contributed by atoms with Crippen molar-refractivity contribution in [2.45, 2.75) is 58.2 Å². The Hall–Kier alpha value is -2.73. The number of rotatable bonds is 6. The van der Waals surface area contributed by atoms with Crippen molar-refractivity contribution in [3.05, 3.63) is 47.0 Å². The van der Waals surface area contributed by atoms with Crippen LogP contribution < -0.4 is 5.32 Å². The largest absolute Gasteiger partial charge is 0.417 e. The fourth-order valence-electron chi connectivity index (χ4n) is 4.06. The number of nitriles is 1. The minimum atomic E-state index is -4.43. The summed E-state index contributed by atoms with van der Waals surface area (Å²) in [6.45, 7) is 4.42.